The number of amides is 2. The quantitative estimate of drug-likeness (QED) is 0.634. The molecule has 160 valence electrons. The molecule has 1 N–H and O–H groups in total. The van der Waals surface area contributed by atoms with Gasteiger partial charge in [0.25, 0.3) is 5.91 Å². The van der Waals surface area contributed by atoms with E-state index in [9.17, 15) is 14.4 Å². The standard InChI is InChI=1S/C22H26N2O6/c1-5-24(13-16-9-10-19(28-3)20(11-16)29-4)21(26)14-30-22(27)17-7-6-8-18(12-17)23-15(2)25/h6-12H,5,13-14H2,1-4H3,(H,23,25). The zero-order valence-corrected chi connectivity index (χ0v) is 17.6. The second kappa shape index (κ2) is 10.8. The van der Waals surface area contributed by atoms with Gasteiger partial charge in [0, 0.05) is 25.7 Å². The normalized spacial score (nSPS) is 10.1. The zero-order valence-electron chi connectivity index (χ0n) is 17.6. The molecule has 0 bridgehead atoms. The molecule has 0 aliphatic carbocycles. The Hall–Kier alpha value is -3.55. The largest absolute Gasteiger partial charge is 0.493 e. The lowest BCUT2D eigenvalue weighted by molar-refractivity contribution is -0.135. The minimum absolute atomic E-state index is 0.246. The molecule has 0 aliphatic heterocycles. The van der Waals surface area contributed by atoms with Crippen LogP contribution in [-0.2, 0) is 20.9 Å². The van der Waals surface area contributed by atoms with E-state index in [1.54, 1.807) is 49.5 Å². The van der Waals surface area contributed by atoms with Crippen molar-refractivity contribution in [3.05, 3.63) is 53.6 Å². The highest BCUT2D eigenvalue weighted by Crippen LogP contribution is 2.28. The summed E-state index contributed by atoms with van der Waals surface area (Å²) in [7, 11) is 3.10. The summed E-state index contributed by atoms with van der Waals surface area (Å²) in [5.41, 5.74) is 1.58. The number of nitrogens with zero attached hydrogens (tertiary/aromatic N) is 1. The van der Waals surface area contributed by atoms with Gasteiger partial charge < -0.3 is 24.4 Å². The Morgan fingerprint density at radius 1 is 1.00 bits per heavy atom. The highest BCUT2D eigenvalue weighted by molar-refractivity contribution is 5.94. The van der Waals surface area contributed by atoms with Crippen molar-refractivity contribution in [1.29, 1.82) is 0 Å². The van der Waals surface area contributed by atoms with Crippen LogP contribution in [-0.4, -0.2) is 50.1 Å². The van der Waals surface area contributed by atoms with E-state index in [-0.39, 0.29) is 24.0 Å². The molecule has 30 heavy (non-hydrogen) atoms. The van der Waals surface area contributed by atoms with E-state index >= 15 is 0 Å². The maximum atomic E-state index is 12.5. The number of carbonyl (C=O) groups excluding carboxylic acids is 3. The Labute approximate surface area is 175 Å². The fraction of sp³-hybridized carbons (Fsp3) is 0.318. The van der Waals surface area contributed by atoms with Gasteiger partial charge in [0.2, 0.25) is 5.91 Å². The van der Waals surface area contributed by atoms with Gasteiger partial charge in [-0.15, -0.1) is 0 Å². The zero-order chi connectivity index (χ0) is 22.1. The topological polar surface area (TPSA) is 94.2 Å². The smallest absolute Gasteiger partial charge is 0.338 e. The molecule has 0 spiro atoms. The number of hydrogen-bond donors (Lipinski definition) is 1. The molecule has 8 heteroatoms. The summed E-state index contributed by atoms with van der Waals surface area (Å²) in [6, 6.07) is 11.7. The number of esters is 1. The highest BCUT2D eigenvalue weighted by Gasteiger charge is 2.17. The second-order valence-electron chi connectivity index (χ2n) is 6.44. The Bertz CT molecular complexity index is 912. The van der Waals surface area contributed by atoms with E-state index in [1.165, 1.54) is 13.0 Å². The number of hydrogen-bond acceptors (Lipinski definition) is 6. The van der Waals surface area contributed by atoms with Crippen molar-refractivity contribution in [3.8, 4) is 11.5 Å². The summed E-state index contributed by atoms with van der Waals surface area (Å²) in [6.07, 6.45) is 0. The van der Waals surface area contributed by atoms with Gasteiger partial charge in [-0.1, -0.05) is 12.1 Å². The molecule has 2 amide bonds. The molecule has 0 radical (unpaired) electrons. The van der Waals surface area contributed by atoms with Gasteiger partial charge in [-0.2, -0.15) is 0 Å². The summed E-state index contributed by atoms with van der Waals surface area (Å²) in [5, 5.41) is 2.60. The molecule has 0 saturated carbocycles. The van der Waals surface area contributed by atoms with E-state index < -0.39 is 5.97 Å². The Kier molecular flexibility index (Phi) is 8.22. The Morgan fingerprint density at radius 2 is 1.73 bits per heavy atom. The monoisotopic (exact) mass is 414 g/mol. The van der Waals surface area contributed by atoms with Crippen molar-refractivity contribution in [3.63, 3.8) is 0 Å². The molecule has 0 atom stereocenters. The van der Waals surface area contributed by atoms with Crippen LogP contribution in [0.1, 0.15) is 29.8 Å². The molecule has 0 saturated heterocycles. The van der Waals surface area contributed by atoms with Crippen molar-refractivity contribution in [2.24, 2.45) is 0 Å². The fourth-order valence-corrected chi connectivity index (χ4v) is 2.80. The number of carbonyl (C=O) groups is 3. The van der Waals surface area contributed by atoms with Crippen LogP contribution in [0.3, 0.4) is 0 Å². The van der Waals surface area contributed by atoms with E-state index in [4.69, 9.17) is 14.2 Å². The van der Waals surface area contributed by atoms with Crippen LogP contribution in [0.2, 0.25) is 0 Å². The van der Waals surface area contributed by atoms with E-state index in [0.717, 1.165) is 5.56 Å². The summed E-state index contributed by atoms with van der Waals surface area (Å²) in [4.78, 5) is 37.5. The third-order valence-electron chi connectivity index (χ3n) is 4.30. The maximum absolute atomic E-state index is 12.5. The summed E-state index contributed by atoms with van der Waals surface area (Å²) < 4.78 is 15.7. The van der Waals surface area contributed by atoms with Crippen LogP contribution in [0.5, 0.6) is 11.5 Å². The predicted octanol–water partition coefficient (Wildman–Crippen LogP) is 2.87. The molecule has 0 unspecified atom stereocenters. The molecular formula is C22H26N2O6. The molecule has 2 aromatic carbocycles. The summed E-state index contributed by atoms with van der Waals surface area (Å²) in [6.45, 7) is 3.62. The van der Waals surface area contributed by atoms with Gasteiger partial charge in [-0.25, -0.2) is 4.79 Å². The number of nitrogens with one attached hydrogen (secondary N) is 1. The number of ether oxygens (including phenoxy) is 3. The number of anilines is 1. The predicted molar refractivity (Wildman–Crippen MR) is 112 cm³/mol. The fourth-order valence-electron chi connectivity index (χ4n) is 2.80. The minimum Gasteiger partial charge on any atom is -0.493 e. The molecule has 2 rings (SSSR count). The second-order valence-corrected chi connectivity index (χ2v) is 6.44. The Morgan fingerprint density at radius 3 is 2.37 bits per heavy atom. The highest BCUT2D eigenvalue weighted by atomic mass is 16.5. The number of rotatable bonds is 9. The lowest BCUT2D eigenvalue weighted by atomic mass is 10.2. The third-order valence-corrected chi connectivity index (χ3v) is 4.30. The lowest BCUT2D eigenvalue weighted by Crippen LogP contribution is -2.34. The van der Waals surface area contributed by atoms with Crippen molar-refractivity contribution in [2.45, 2.75) is 20.4 Å². The van der Waals surface area contributed by atoms with Gasteiger partial charge in [0.05, 0.1) is 19.8 Å². The average Bonchev–Trinajstić information content (AvgIpc) is 2.75. The number of methoxy groups -OCH3 is 2. The molecular weight excluding hydrogens is 388 g/mol. The van der Waals surface area contributed by atoms with Gasteiger partial charge >= 0.3 is 5.97 Å². The number of likely N-dealkylation sites (N-methyl/N-ethyl adjacent to an activating group) is 1. The molecule has 0 heterocycles. The molecule has 0 aromatic heterocycles. The first-order valence-corrected chi connectivity index (χ1v) is 9.41. The summed E-state index contributed by atoms with van der Waals surface area (Å²) in [5.74, 6) is -0.0316. The third kappa shape index (κ3) is 6.23. The van der Waals surface area contributed by atoms with Crippen LogP contribution in [0.15, 0.2) is 42.5 Å². The lowest BCUT2D eigenvalue weighted by Gasteiger charge is -2.21. The van der Waals surface area contributed by atoms with Crippen LogP contribution in [0, 0.1) is 0 Å². The minimum atomic E-state index is -0.641. The van der Waals surface area contributed by atoms with Gasteiger partial charge in [0.1, 0.15) is 0 Å². The molecule has 0 fully saturated rings. The van der Waals surface area contributed by atoms with Crippen molar-refractivity contribution in [1.82, 2.24) is 4.90 Å². The SMILES string of the molecule is CCN(Cc1ccc(OC)c(OC)c1)C(=O)COC(=O)c1cccc(NC(C)=O)c1. The van der Waals surface area contributed by atoms with Gasteiger partial charge in [-0.3, -0.25) is 9.59 Å². The van der Waals surface area contributed by atoms with Crippen LogP contribution < -0.4 is 14.8 Å². The van der Waals surface area contributed by atoms with Crippen molar-refractivity contribution >= 4 is 23.5 Å². The van der Waals surface area contributed by atoms with Crippen molar-refractivity contribution < 1.29 is 28.6 Å². The molecule has 0 aliphatic rings. The maximum Gasteiger partial charge on any atom is 0.338 e. The van der Waals surface area contributed by atoms with E-state index in [0.29, 0.717) is 30.3 Å². The van der Waals surface area contributed by atoms with Crippen LogP contribution in [0.25, 0.3) is 0 Å². The average molecular weight is 414 g/mol. The van der Waals surface area contributed by atoms with Crippen LogP contribution in [0.4, 0.5) is 5.69 Å². The van der Waals surface area contributed by atoms with Crippen molar-refractivity contribution in [2.75, 3.05) is 32.7 Å². The Balaban J connectivity index is 1.98. The first-order valence-electron chi connectivity index (χ1n) is 9.41. The van der Waals surface area contributed by atoms with E-state index in [2.05, 4.69) is 5.32 Å². The first-order chi connectivity index (χ1) is 14.4. The summed E-state index contributed by atoms with van der Waals surface area (Å²) >= 11 is 0. The van der Waals surface area contributed by atoms with E-state index in [1.807, 2.05) is 13.0 Å². The molecule has 8 nitrogen and oxygen atoms in total. The van der Waals surface area contributed by atoms with Gasteiger partial charge in [0.15, 0.2) is 18.1 Å². The first kappa shape index (κ1) is 22.7. The van der Waals surface area contributed by atoms with Crippen LogP contribution >= 0.6 is 0 Å². The van der Waals surface area contributed by atoms with Gasteiger partial charge in [-0.05, 0) is 42.8 Å². The number of benzene rings is 2. The molecule has 2 aromatic rings.